The van der Waals surface area contributed by atoms with Gasteiger partial charge in [-0.15, -0.1) is 0 Å². The number of carbonyl (C=O) groups is 3. The Bertz CT molecular complexity index is 557. The summed E-state index contributed by atoms with van der Waals surface area (Å²) >= 11 is 0. The van der Waals surface area contributed by atoms with Crippen molar-refractivity contribution in [2.24, 2.45) is 0 Å². The molecule has 1 aliphatic rings. The number of amides is 2. The van der Waals surface area contributed by atoms with Crippen molar-refractivity contribution in [1.82, 2.24) is 5.32 Å². The van der Waals surface area contributed by atoms with Crippen LogP contribution in [0.1, 0.15) is 13.3 Å². The lowest BCUT2D eigenvalue weighted by Crippen LogP contribution is -2.44. The number of carboxylic acids is 1. The third-order valence-corrected chi connectivity index (χ3v) is 2.83. The van der Waals surface area contributed by atoms with E-state index >= 15 is 0 Å². The van der Waals surface area contributed by atoms with E-state index < -0.39 is 29.9 Å². The number of hydrogen-bond acceptors (Lipinski definition) is 4. The molecular formula is C13H14N2O5. The van der Waals surface area contributed by atoms with Crippen LogP contribution in [0.3, 0.4) is 0 Å². The molecule has 20 heavy (non-hydrogen) atoms. The van der Waals surface area contributed by atoms with Gasteiger partial charge in [0.25, 0.3) is 5.91 Å². The van der Waals surface area contributed by atoms with Gasteiger partial charge in [0.05, 0.1) is 12.1 Å². The van der Waals surface area contributed by atoms with Gasteiger partial charge in [-0.05, 0) is 19.1 Å². The summed E-state index contributed by atoms with van der Waals surface area (Å²) in [4.78, 5) is 34.1. The van der Waals surface area contributed by atoms with Crippen molar-refractivity contribution in [2.75, 3.05) is 5.32 Å². The van der Waals surface area contributed by atoms with Gasteiger partial charge in [-0.25, -0.2) is 0 Å². The van der Waals surface area contributed by atoms with E-state index in [1.807, 2.05) is 0 Å². The van der Waals surface area contributed by atoms with Gasteiger partial charge in [-0.1, -0.05) is 12.1 Å². The maximum atomic E-state index is 11.8. The fourth-order valence-electron chi connectivity index (χ4n) is 1.76. The van der Waals surface area contributed by atoms with Crippen molar-refractivity contribution >= 4 is 23.5 Å². The molecule has 2 amide bonds. The molecule has 3 N–H and O–H groups in total. The highest BCUT2D eigenvalue weighted by Crippen LogP contribution is 2.29. The molecule has 0 aromatic heterocycles. The summed E-state index contributed by atoms with van der Waals surface area (Å²) in [5.41, 5.74) is 0.549. The second-order valence-corrected chi connectivity index (χ2v) is 4.42. The Morgan fingerprint density at radius 1 is 1.45 bits per heavy atom. The molecule has 1 heterocycles. The first-order chi connectivity index (χ1) is 9.47. The highest BCUT2D eigenvalue weighted by Gasteiger charge is 2.30. The quantitative estimate of drug-likeness (QED) is 0.738. The maximum absolute atomic E-state index is 11.8. The average Bonchev–Trinajstić information content (AvgIpc) is 2.39. The first-order valence-corrected chi connectivity index (χ1v) is 6.06. The van der Waals surface area contributed by atoms with E-state index in [9.17, 15) is 14.4 Å². The monoisotopic (exact) mass is 278 g/mol. The van der Waals surface area contributed by atoms with Crippen LogP contribution in [-0.4, -0.2) is 35.0 Å². The number of ether oxygens (including phenoxy) is 1. The topological polar surface area (TPSA) is 105 Å². The molecule has 1 aromatic carbocycles. The van der Waals surface area contributed by atoms with Crippen LogP contribution in [0.25, 0.3) is 0 Å². The standard InChI is InChI=1S/C13H14N2O5/c1-7(13(18)19)14-11(16)6-10-12(17)15-8-4-2-3-5-9(8)20-10/h2-5,7,10H,6H2,1H3,(H,14,16)(H,15,17)(H,18,19)/t7-,10?/m0/s1. The van der Waals surface area contributed by atoms with Crippen LogP contribution in [0.4, 0.5) is 5.69 Å². The molecule has 0 saturated heterocycles. The molecular weight excluding hydrogens is 264 g/mol. The zero-order chi connectivity index (χ0) is 14.7. The summed E-state index contributed by atoms with van der Waals surface area (Å²) < 4.78 is 5.44. The lowest BCUT2D eigenvalue weighted by atomic mass is 10.1. The Labute approximate surface area is 114 Å². The van der Waals surface area contributed by atoms with E-state index in [4.69, 9.17) is 9.84 Å². The van der Waals surface area contributed by atoms with Gasteiger partial charge in [0.15, 0.2) is 6.10 Å². The zero-order valence-corrected chi connectivity index (χ0v) is 10.8. The molecule has 0 fully saturated rings. The van der Waals surface area contributed by atoms with Crippen molar-refractivity contribution < 1.29 is 24.2 Å². The van der Waals surface area contributed by atoms with Crippen molar-refractivity contribution in [2.45, 2.75) is 25.5 Å². The van der Waals surface area contributed by atoms with Crippen LogP contribution in [-0.2, 0) is 14.4 Å². The van der Waals surface area contributed by atoms with E-state index in [-0.39, 0.29) is 6.42 Å². The molecule has 1 unspecified atom stereocenters. The molecule has 2 rings (SSSR count). The van der Waals surface area contributed by atoms with Crippen LogP contribution in [0.2, 0.25) is 0 Å². The molecule has 0 spiro atoms. The Morgan fingerprint density at radius 3 is 2.85 bits per heavy atom. The number of anilines is 1. The molecule has 7 heteroatoms. The molecule has 7 nitrogen and oxygen atoms in total. The molecule has 1 aromatic rings. The minimum atomic E-state index is -1.14. The van der Waals surface area contributed by atoms with Crippen LogP contribution in [0.15, 0.2) is 24.3 Å². The summed E-state index contributed by atoms with van der Waals surface area (Å²) in [5, 5.41) is 13.6. The predicted octanol–water partition coefficient (Wildman–Crippen LogP) is 0.365. The highest BCUT2D eigenvalue weighted by molar-refractivity contribution is 6.00. The van der Waals surface area contributed by atoms with Gasteiger partial charge in [0.1, 0.15) is 11.8 Å². The minimum absolute atomic E-state index is 0.238. The van der Waals surface area contributed by atoms with Gasteiger partial charge in [-0.2, -0.15) is 0 Å². The summed E-state index contributed by atoms with van der Waals surface area (Å²) in [7, 11) is 0. The fraction of sp³-hybridized carbons (Fsp3) is 0.308. The molecule has 0 saturated carbocycles. The number of hydrogen-bond donors (Lipinski definition) is 3. The predicted molar refractivity (Wildman–Crippen MR) is 69.3 cm³/mol. The van der Waals surface area contributed by atoms with E-state index in [0.717, 1.165) is 0 Å². The first-order valence-electron chi connectivity index (χ1n) is 6.06. The van der Waals surface area contributed by atoms with E-state index in [2.05, 4.69) is 10.6 Å². The van der Waals surface area contributed by atoms with Crippen LogP contribution in [0.5, 0.6) is 5.75 Å². The van der Waals surface area contributed by atoms with E-state index in [1.54, 1.807) is 24.3 Å². The third kappa shape index (κ3) is 3.05. The van der Waals surface area contributed by atoms with Gasteiger partial charge < -0.3 is 20.5 Å². The number of nitrogens with one attached hydrogen (secondary N) is 2. The van der Waals surface area contributed by atoms with Gasteiger partial charge in [0.2, 0.25) is 5.91 Å². The third-order valence-electron chi connectivity index (χ3n) is 2.83. The number of carbonyl (C=O) groups excluding carboxylic acids is 2. The lowest BCUT2D eigenvalue weighted by Gasteiger charge is -2.25. The molecule has 0 radical (unpaired) electrons. The normalized spacial score (nSPS) is 18.2. The van der Waals surface area contributed by atoms with Crippen molar-refractivity contribution in [1.29, 1.82) is 0 Å². The molecule has 0 bridgehead atoms. The van der Waals surface area contributed by atoms with E-state index in [1.165, 1.54) is 6.92 Å². The molecule has 0 aliphatic carbocycles. The first kappa shape index (κ1) is 13.9. The Morgan fingerprint density at radius 2 is 2.15 bits per heavy atom. The number of aliphatic carboxylic acids is 1. The van der Waals surface area contributed by atoms with Gasteiger partial charge in [-0.3, -0.25) is 14.4 Å². The van der Waals surface area contributed by atoms with Crippen LogP contribution in [0, 0.1) is 0 Å². The second kappa shape index (κ2) is 5.60. The Hall–Kier alpha value is -2.57. The number of para-hydroxylation sites is 2. The largest absolute Gasteiger partial charge is 0.480 e. The fourth-order valence-corrected chi connectivity index (χ4v) is 1.76. The summed E-state index contributed by atoms with van der Waals surface area (Å²) in [6.45, 7) is 1.34. The van der Waals surface area contributed by atoms with E-state index in [0.29, 0.717) is 11.4 Å². The Kier molecular flexibility index (Phi) is 3.88. The molecule has 1 aliphatic heterocycles. The van der Waals surface area contributed by atoms with Crippen molar-refractivity contribution in [3.63, 3.8) is 0 Å². The van der Waals surface area contributed by atoms with Crippen LogP contribution < -0.4 is 15.4 Å². The van der Waals surface area contributed by atoms with Crippen molar-refractivity contribution in [3.8, 4) is 5.75 Å². The zero-order valence-electron chi connectivity index (χ0n) is 10.8. The molecule has 2 atom stereocenters. The summed E-state index contributed by atoms with van der Waals surface area (Å²) in [5.74, 6) is -1.64. The highest BCUT2D eigenvalue weighted by atomic mass is 16.5. The lowest BCUT2D eigenvalue weighted by molar-refractivity contribution is -0.141. The SMILES string of the molecule is C[C@H](NC(=O)CC1Oc2ccccc2NC1=O)C(=O)O. The number of carboxylic acid groups (broad SMARTS) is 1. The molecule has 106 valence electrons. The number of benzene rings is 1. The average molecular weight is 278 g/mol. The van der Waals surface area contributed by atoms with Crippen molar-refractivity contribution in [3.05, 3.63) is 24.3 Å². The van der Waals surface area contributed by atoms with Gasteiger partial charge >= 0.3 is 5.97 Å². The van der Waals surface area contributed by atoms with Crippen LogP contribution >= 0.6 is 0 Å². The van der Waals surface area contributed by atoms with Gasteiger partial charge in [0, 0.05) is 0 Å². The maximum Gasteiger partial charge on any atom is 0.325 e. The number of rotatable bonds is 4. The number of fused-ring (bicyclic) bond motifs is 1. The smallest absolute Gasteiger partial charge is 0.325 e. The second-order valence-electron chi connectivity index (χ2n) is 4.42. The summed E-state index contributed by atoms with van der Waals surface area (Å²) in [6, 6.07) is 5.86. The summed E-state index contributed by atoms with van der Waals surface area (Å²) in [6.07, 6.45) is -1.21. The minimum Gasteiger partial charge on any atom is -0.480 e. The Balaban J connectivity index is 1.99.